The number of carbonyl (C=O) groups is 2. The van der Waals surface area contributed by atoms with E-state index in [2.05, 4.69) is 10.0 Å². The van der Waals surface area contributed by atoms with E-state index in [1.165, 1.54) is 37.3 Å². The van der Waals surface area contributed by atoms with E-state index in [-0.39, 0.29) is 27.7 Å². The first-order valence-electron chi connectivity index (χ1n) is 8.00. The second-order valence-electron chi connectivity index (χ2n) is 6.06. The van der Waals surface area contributed by atoms with Crippen molar-refractivity contribution < 1.29 is 23.1 Å². The predicted octanol–water partition coefficient (Wildman–Crippen LogP) is 2.90. The third kappa shape index (κ3) is 5.45. The highest BCUT2D eigenvalue weighted by molar-refractivity contribution is 7.92. The monoisotopic (exact) mass is 410 g/mol. The van der Waals surface area contributed by atoms with Crippen molar-refractivity contribution in [3.63, 3.8) is 0 Å². The molecule has 7 nitrogen and oxygen atoms in total. The van der Waals surface area contributed by atoms with Crippen molar-refractivity contribution in [2.75, 3.05) is 11.3 Å². The molecule has 0 aliphatic carbocycles. The van der Waals surface area contributed by atoms with Gasteiger partial charge in [0.05, 0.1) is 22.1 Å². The average Bonchev–Trinajstić information content (AvgIpc) is 2.60. The first-order valence-corrected chi connectivity index (χ1v) is 9.86. The van der Waals surface area contributed by atoms with Crippen LogP contribution in [0.3, 0.4) is 0 Å². The van der Waals surface area contributed by atoms with Gasteiger partial charge in [0.25, 0.3) is 15.9 Å². The Morgan fingerprint density at radius 3 is 2.52 bits per heavy atom. The highest BCUT2D eigenvalue weighted by atomic mass is 35.5. The number of aryl methyl sites for hydroxylation is 1. The summed E-state index contributed by atoms with van der Waals surface area (Å²) in [5, 5.41) is 11.6. The summed E-state index contributed by atoms with van der Waals surface area (Å²) < 4.78 is 27.6. The summed E-state index contributed by atoms with van der Waals surface area (Å²) in [7, 11) is -3.92. The van der Waals surface area contributed by atoms with Crippen LogP contribution >= 0.6 is 11.6 Å². The number of amides is 1. The summed E-state index contributed by atoms with van der Waals surface area (Å²) in [5.41, 5.74) is 0.812. The zero-order valence-corrected chi connectivity index (χ0v) is 16.3. The maximum Gasteiger partial charge on any atom is 0.308 e. The lowest BCUT2D eigenvalue weighted by Gasteiger charge is -2.14. The number of hydrogen-bond donors (Lipinski definition) is 3. The maximum atomic E-state index is 12.6. The number of nitrogens with one attached hydrogen (secondary N) is 2. The van der Waals surface area contributed by atoms with Crippen molar-refractivity contribution in [3.05, 3.63) is 58.6 Å². The third-order valence-electron chi connectivity index (χ3n) is 3.76. The number of carboxylic acids is 1. The van der Waals surface area contributed by atoms with Crippen molar-refractivity contribution >= 4 is 39.2 Å². The molecule has 1 unspecified atom stereocenters. The van der Waals surface area contributed by atoms with E-state index in [1.807, 2.05) is 0 Å². The van der Waals surface area contributed by atoms with Gasteiger partial charge >= 0.3 is 5.97 Å². The maximum absolute atomic E-state index is 12.6. The van der Waals surface area contributed by atoms with Crippen LogP contribution in [0.2, 0.25) is 5.02 Å². The number of halogens is 1. The van der Waals surface area contributed by atoms with Gasteiger partial charge in [-0.25, -0.2) is 8.42 Å². The summed E-state index contributed by atoms with van der Waals surface area (Å²) >= 11 is 5.93. The fraction of sp³-hybridized carbons (Fsp3) is 0.222. The van der Waals surface area contributed by atoms with Gasteiger partial charge in [0.1, 0.15) is 0 Å². The predicted molar refractivity (Wildman–Crippen MR) is 103 cm³/mol. The summed E-state index contributed by atoms with van der Waals surface area (Å²) in [6.45, 7) is 3.11. The van der Waals surface area contributed by atoms with Crippen molar-refractivity contribution in [3.8, 4) is 0 Å². The summed E-state index contributed by atoms with van der Waals surface area (Å²) in [6, 6.07) is 10.5. The number of carboxylic acid groups (broad SMARTS) is 1. The van der Waals surface area contributed by atoms with Crippen LogP contribution in [0.5, 0.6) is 0 Å². The molecule has 0 aromatic heterocycles. The lowest BCUT2D eigenvalue weighted by Crippen LogP contribution is -2.32. The molecular formula is C18H19ClN2O5S. The molecule has 0 heterocycles. The molecule has 0 radical (unpaired) electrons. The van der Waals surface area contributed by atoms with Gasteiger partial charge in [0.15, 0.2) is 0 Å². The Bertz CT molecular complexity index is 975. The van der Waals surface area contributed by atoms with Gasteiger partial charge in [-0.15, -0.1) is 0 Å². The van der Waals surface area contributed by atoms with Crippen molar-refractivity contribution in [2.24, 2.45) is 5.92 Å². The molecule has 2 aromatic carbocycles. The van der Waals surface area contributed by atoms with Crippen LogP contribution in [0, 0.1) is 12.8 Å². The van der Waals surface area contributed by atoms with E-state index in [0.29, 0.717) is 0 Å². The van der Waals surface area contributed by atoms with Crippen LogP contribution < -0.4 is 10.0 Å². The average molecular weight is 411 g/mol. The molecule has 0 bridgehead atoms. The molecule has 1 atom stereocenters. The fourth-order valence-electron chi connectivity index (χ4n) is 2.21. The quantitative estimate of drug-likeness (QED) is 0.649. The largest absolute Gasteiger partial charge is 0.481 e. The molecule has 144 valence electrons. The summed E-state index contributed by atoms with van der Waals surface area (Å²) in [5.74, 6) is -2.48. The molecule has 0 saturated carbocycles. The second-order valence-corrected chi connectivity index (χ2v) is 8.18. The van der Waals surface area contributed by atoms with E-state index >= 15 is 0 Å². The standard InChI is InChI=1S/C18H19ClN2O5S/c1-11-4-3-5-14(8-11)27(25,26)21-16-7-6-13(19)9-15(16)17(22)20-10-12(2)18(23)24/h3-9,12,21H,10H2,1-2H3,(H,20,22)(H,23,24). The van der Waals surface area contributed by atoms with Gasteiger partial charge in [-0.3, -0.25) is 14.3 Å². The SMILES string of the molecule is Cc1cccc(S(=O)(=O)Nc2ccc(Cl)cc2C(=O)NCC(C)C(=O)O)c1. The van der Waals surface area contributed by atoms with Gasteiger partial charge in [0.2, 0.25) is 0 Å². The van der Waals surface area contributed by atoms with Gasteiger partial charge in [-0.05, 0) is 42.8 Å². The Balaban J connectivity index is 2.30. The smallest absolute Gasteiger partial charge is 0.308 e. The molecule has 9 heteroatoms. The molecule has 27 heavy (non-hydrogen) atoms. The van der Waals surface area contributed by atoms with Gasteiger partial charge in [-0.2, -0.15) is 0 Å². The van der Waals surface area contributed by atoms with Crippen LogP contribution in [-0.4, -0.2) is 31.9 Å². The number of sulfonamides is 1. The highest BCUT2D eigenvalue weighted by Crippen LogP contribution is 2.24. The molecule has 0 saturated heterocycles. The van der Waals surface area contributed by atoms with Crippen molar-refractivity contribution in [1.82, 2.24) is 5.32 Å². The third-order valence-corrected chi connectivity index (χ3v) is 5.36. The summed E-state index contributed by atoms with van der Waals surface area (Å²) in [4.78, 5) is 23.4. The zero-order valence-electron chi connectivity index (χ0n) is 14.7. The Morgan fingerprint density at radius 1 is 1.19 bits per heavy atom. The number of rotatable bonds is 7. The lowest BCUT2D eigenvalue weighted by atomic mass is 10.1. The molecule has 0 aliphatic rings. The fourth-order valence-corrected chi connectivity index (χ4v) is 3.56. The first-order chi connectivity index (χ1) is 12.6. The van der Waals surface area contributed by atoms with Gasteiger partial charge < -0.3 is 10.4 Å². The van der Waals surface area contributed by atoms with Gasteiger partial charge in [-0.1, -0.05) is 30.7 Å². The number of anilines is 1. The second kappa shape index (κ2) is 8.41. The highest BCUT2D eigenvalue weighted by Gasteiger charge is 2.20. The van der Waals surface area contributed by atoms with Crippen LogP contribution in [0.1, 0.15) is 22.8 Å². The van der Waals surface area contributed by atoms with E-state index in [9.17, 15) is 18.0 Å². The minimum atomic E-state index is -3.92. The van der Waals surface area contributed by atoms with Crippen molar-refractivity contribution in [1.29, 1.82) is 0 Å². The van der Waals surface area contributed by atoms with Crippen LogP contribution in [0.25, 0.3) is 0 Å². The zero-order chi connectivity index (χ0) is 20.2. The normalized spacial score (nSPS) is 12.3. The minimum Gasteiger partial charge on any atom is -0.481 e. The van der Waals surface area contributed by atoms with E-state index in [0.717, 1.165) is 5.56 Å². The lowest BCUT2D eigenvalue weighted by molar-refractivity contribution is -0.140. The van der Waals surface area contributed by atoms with Crippen LogP contribution in [-0.2, 0) is 14.8 Å². The Labute approximate surface area is 162 Å². The number of hydrogen-bond acceptors (Lipinski definition) is 4. The first kappa shape index (κ1) is 20.7. The van der Waals surface area contributed by atoms with Crippen LogP contribution in [0.15, 0.2) is 47.4 Å². The number of benzene rings is 2. The van der Waals surface area contributed by atoms with Gasteiger partial charge in [0, 0.05) is 11.6 Å². The van der Waals surface area contributed by atoms with E-state index < -0.39 is 27.8 Å². The summed E-state index contributed by atoms with van der Waals surface area (Å²) in [6.07, 6.45) is 0. The molecule has 2 aromatic rings. The number of carbonyl (C=O) groups excluding carboxylic acids is 1. The molecule has 3 N–H and O–H groups in total. The van der Waals surface area contributed by atoms with E-state index in [1.54, 1.807) is 19.1 Å². The topological polar surface area (TPSA) is 113 Å². The molecule has 2 rings (SSSR count). The Kier molecular flexibility index (Phi) is 6.45. The molecular weight excluding hydrogens is 392 g/mol. The number of aliphatic carboxylic acids is 1. The minimum absolute atomic E-state index is 0.00341. The van der Waals surface area contributed by atoms with E-state index in [4.69, 9.17) is 16.7 Å². The molecule has 1 amide bonds. The molecule has 0 spiro atoms. The molecule has 0 aliphatic heterocycles. The van der Waals surface area contributed by atoms with Crippen molar-refractivity contribution in [2.45, 2.75) is 18.7 Å². The Hall–Kier alpha value is -2.58. The molecule has 0 fully saturated rings. The van der Waals surface area contributed by atoms with Crippen LogP contribution in [0.4, 0.5) is 5.69 Å². The Morgan fingerprint density at radius 2 is 1.89 bits per heavy atom.